The third kappa shape index (κ3) is 3.14. The number of nitrogen functional groups attached to an aromatic ring is 1. The highest BCUT2D eigenvalue weighted by Crippen LogP contribution is 2.21. The highest BCUT2D eigenvalue weighted by atomic mass is 32.2. The van der Waals surface area contributed by atoms with Gasteiger partial charge in [0.25, 0.3) is 10.0 Å². The largest absolute Gasteiger partial charge is 0.399 e. The van der Waals surface area contributed by atoms with Gasteiger partial charge in [0.15, 0.2) is 0 Å². The zero-order valence-electron chi connectivity index (χ0n) is 10.9. The smallest absolute Gasteiger partial charge is 0.263 e. The highest BCUT2D eigenvalue weighted by Gasteiger charge is 2.19. The first kappa shape index (κ1) is 14.4. The lowest BCUT2D eigenvalue weighted by Crippen LogP contribution is -2.14. The number of nitrogens with two attached hydrogens (primary N) is 1. The number of hydrogen-bond donors (Lipinski definition) is 2. The van der Waals surface area contributed by atoms with Gasteiger partial charge in [0.05, 0.1) is 11.3 Å². The Labute approximate surface area is 123 Å². The van der Waals surface area contributed by atoms with E-state index in [0.29, 0.717) is 16.9 Å². The van der Waals surface area contributed by atoms with Gasteiger partial charge in [0.1, 0.15) is 11.0 Å². The predicted octanol–water partition coefficient (Wildman–Crippen LogP) is 1.92. The van der Waals surface area contributed by atoms with Crippen molar-refractivity contribution in [2.75, 3.05) is 10.5 Å². The molecule has 0 bridgehead atoms. The molecule has 5 nitrogen and oxygen atoms in total. The Balaban J connectivity index is 2.44. The lowest BCUT2D eigenvalue weighted by atomic mass is 10.2. The molecule has 2 aromatic rings. The van der Waals surface area contributed by atoms with E-state index in [-0.39, 0.29) is 10.5 Å². The molecule has 0 aromatic heterocycles. The van der Waals surface area contributed by atoms with Crippen molar-refractivity contribution in [1.82, 2.24) is 0 Å². The number of sulfonamides is 1. The summed E-state index contributed by atoms with van der Waals surface area (Å²) >= 11 is 0. The summed E-state index contributed by atoms with van der Waals surface area (Å²) in [5.74, 6) is 2.42. The minimum Gasteiger partial charge on any atom is -0.399 e. The van der Waals surface area contributed by atoms with E-state index >= 15 is 0 Å². The van der Waals surface area contributed by atoms with Crippen LogP contribution >= 0.6 is 0 Å². The van der Waals surface area contributed by atoms with Crippen molar-refractivity contribution in [2.24, 2.45) is 0 Å². The first-order valence-corrected chi connectivity index (χ1v) is 7.34. The molecule has 0 saturated carbocycles. The van der Waals surface area contributed by atoms with E-state index in [1.807, 2.05) is 6.07 Å². The van der Waals surface area contributed by atoms with Gasteiger partial charge >= 0.3 is 0 Å². The average molecular weight is 297 g/mol. The topological polar surface area (TPSA) is 96.0 Å². The Morgan fingerprint density at radius 3 is 2.62 bits per heavy atom. The predicted molar refractivity (Wildman–Crippen MR) is 80.8 cm³/mol. The Bertz CT molecular complexity index is 875. The Morgan fingerprint density at radius 2 is 1.95 bits per heavy atom. The first-order valence-electron chi connectivity index (χ1n) is 5.85. The van der Waals surface area contributed by atoms with Crippen LogP contribution in [0.1, 0.15) is 11.1 Å². The maximum Gasteiger partial charge on any atom is 0.263 e. The summed E-state index contributed by atoms with van der Waals surface area (Å²) in [5, 5.41) is 9.03. The molecule has 0 amide bonds. The van der Waals surface area contributed by atoms with Crippen molar-refractivity contribution in [1.29, 1.82) is 5.26 Å². The van der Waals surface area contributed by atoms with Crippen LogP contribution in [0.4, 0.5) is 11.4 Å². The van der Waals surface area contributed by atoms with Gasteiger partial charge in [0.2, 0.25) is 0 Å². The van der Waals surface area contributed by atoms with Crippen LogP contribution in [0.5, 0.6) is 0 Å². The van der Waals surface area contributed by atoms with Crippen LogP contribution in [-0.4, -0.2) is 8.42 Å². The summed E-state index contributed by atoms with van der Waals surface area (Å²) < 4.78 is 27.1. The fourth-order valence-corrected chi connectivity index (χ4v) is 2.94. The number of nitrogens with zero attached hydrogens (tertiary/aromatic N) is 1. The standard InChI is InChI=1S/C15H11N3O2S/c1-2-11-4-3-5-14(8-11)18-21(19,20)15-7-6-13(17)9-12(15)10-16/h1,3-9,18H,17H2. The van der Waals surface area contributed by atoms with Crippen molar-refractivity contribution >= 4 is 21.4 Å². The minimum atomic E-state index is -3.89. The monoisotopic (exact) mass is 297 g/mol. The minimum absolute atomic E-state index is 0.0180. The normalized spacial score (nSPS) is 10.4. The van der Waals surface area contributed by atoms with Gasteiger partial charge in [-0.25, -0.2) is 8.42 Å². The van der Waals surface area contributed by atoms with Crippen LogP contribution in [-0.2, 0) is 10.0 Å². The SMILES string of the molecule is C#Cc1cccc(NS(=O)(=O)c2ccc(N)cc2C#N)c1. The summed E-state index contributed by atoms with van der Waals surface area (Å²) in [5.41, 5.74) is 6.72. The van der Waals surface area contributed by atoms with Crippen molar-refractivity contribution in [2.45, 2.75) is 4.90 Å². The molecule has 0 fully saturated rings. The molecule has 0 aliphatic carbocycles. The molecule has 0 unspecified atom stereocenters. The molecule has 6 heteroatoms. The van der Waals surface area contributed by atoms with E-state index in [0.717, 1.165) is 0 Å². The fourth-order valence-electron chi connectivity index (χ4n) is 1.75. The van der Waals surface area contributed by atoms with Crippen molar-refractivity contribution in [3.05, 3.63) is 53.6 Å². The third-order valence-electron chi connectivity index (χ3n) is 2.70. The lowest BCUT2D eigenvalue weighted by Gasteiger charge is -2.10. The summed E-state index contributed by atoms with van der Waals surface area (Å²) in [4.78, 5) is -0.134. The Hall–Kier alpha value is -2.96. The van der Waals surface area contributed by atoms with Gasteiger partial charge in [-0.05, 0) is 36.4 Å². The number of nitriles is 1. The van der Waals surface area contributed by atoms with Crippen LogP contribution < -0.4 is 10.5 Å². The van der Waals surface area contributed by atoms with Crippen LogP contribution in [0, 0.1) is 23.7 Å². The molecule has 0 heterocycles. The molecule has 0 aliphatic rings. The second kappa shape index (κ2) is 5.58. The maximum absolute atomic E-state index is 12.3. The van der Waals surface area contributed by atoms with Gasteiger partial charge in [-0.1, -0.05) is 12.0 Å². The van der Waals surface area contributed by atoms with Gasteiger partial charge in [-0.3, -0.25) is 4.72 Å². The Morgan fingerprint density at radius 1 is 1.19 bits per heavy atom. The quantitative estimate of drug-likeness (QED) is 0.668. The first-order chi connectivity index (χ1) is 9.96. The number of anilines is 2. The number of hydrogen-bond acceptors (Lipinski definition) is 4. The molecule has 0 spiro atoms. The molecule has 104 valence electrons. The molecule has 3 N–H and O–H groups in total. The molecule has 2 aromatic carbocycles. The van der Waals surface area contributed by atoms with Gasteiger partial charge in [0, 0.05) is 11.3 Å². The second-order valence-corrected chi connectivity index (χ2v) is 5.85. The number of nitrogens with one attached hydrogen (secondary N) is 1. The fraction of sp³-hybridized carbons (Fsp3) is 0. The average Bonchev–Trinajstić information content (AvgIpc) is 2.46. The summed E-state index contributed by atoms with van der Waals surface area (Å²) in [6, 6.07) is 12.3. The summed E-state index contributed by atoms with van der Waals surface area (Å²) in [6.45, 7) is 0. The second-order valence-electron chi connectivity index (χ2n) is 4.20. The molecule has 0 atom stereocenters. The van der Waals surface area contributed by atoms with Crippen LogP contribution in [0.2, 0.25) is 0 Å². The van der Waals surface area contributed by atoms with Gasteiger partial charge in [-0.15, -0.1) is 6.42 Å². The van der Waals surface area contributed by atoms with Crippen molar-refractivity contribution < 1.29 is 8.42 Å². The van der Waals surface area contributed by atoms with E-state index in [4.69, 9.17) is 17.4 Å². The molecule has 0 aliphatic heterocycles. The van der Waals surface area contributed by atoms with Gasteiger partial charge < -0.3 is 5.73 Å². The van der Waals surface area contributed by atoms with Crippen LogP contribution in [0.25, 0.3) is 0 Å². The zero-order valence-corrected chi connectivity index (χ0v) is 11.7. The van der Waals surface area contributed by atoms with Gasteiger partial charge in [-0.2, -0.15) is 5.26 Å². The highest BCUT2D eigenvalue weighted by molar-refractivity contribution is 7.92. The molecular weight excluding hydrogens is 286 g/mol. The Kier molecular flexibility index (Phi) is 3.84. The molecule has 2 rings (SSSR count). The number of terminal acetylenes is 1. The van der Waals surface area contributed by atoms with E-state index in [1.54, 1.807) is 18.2 Å². The molecular formula is C15H11N3O2S. The van der Waals surface area contributed by atoms with Crippen molar-refractivity contribution in [3.63, 3.8) is 0 Å². The molecule has 0 saturated heterocycles. The third-order valence-corrected chi connectivity index (χ3v) is 4.13. The number of rotatable bonds is 3. The van der Waals surface area contributed by atoms with E-state index in [1.165, 1.54) is 24.3 Å². The summed E-state index contributed by atoms with van der Waals surface area (Å²) in [6.07, 6.45) is 5.27. The van der Waals surface area contributed by atoms with Crippen LogP contribution in [0.3, 0.4) is 0 Å². The van der Waals surface area contributed by atoms with E-state index < -0.39 is 10.0 Å². The van der Waals surface area contributed by atoms with Crippen molar-refractivity contribution in [3.8, 4) is 18.4 Å². The maximum atomic E-state index is 12.3. The molecule has 0 radical (unpaired) electrons. The van der Waals surface area contributed by atoms with E-state index in [2.05, 4.69) is 10.6 Å². The number of benzene rings is 2. The summed E-state index contributed by atoms with van der Waals surface area (Å²) in [7, 11) is -3.89. The zero-order chi connectivity index (χ0) is 15.5. The van der Waals surface area contributed by atoms with E-state index in [9.17, 15) is 8.42 Å². The lowest BCUT2D eigenvalue weighted by molar-refractivity contribution is 0.601. The van der Waals surface area contributed by atoms with Crippen LogP contribution in [0.15, 0.2) is 47.4 Å². The molecule has 21 heavy (non-hydrogen) atoms.